The van der Waals surface area contributed by atoms with Crippen LogP contribution in [0.3, 0.4) is 0 Å². The standard InChI is InChI=1S/C13H14F2O5/c1-2-19-11(16)6-4-8-3-5-9(12(17)18)10(7-8)20-13(14)15/h3,5,7,13H,2,4,6H2,1H3,(H,17,18). The number of hydrogen-bond acceptors (Lipinski definition) is 4. The number of aromatic carboxylic acids is 1. The number of rotatable bonds is 7. The fourth-order valence-electron chi connectivity index (χ4n) is 1.57. The molecular weight excluding hydrogens is 274 g/mol. The van der Waals surface area contributed by atoms with E-state index in [9.17, 15) is 18.4 Å². The van der Waals surface area contributed by atoms with Crippen LogP contribution in [-0.2, 0) is 16.0 Å². The maximum Gasteiger partial charge on any atom is 0.387 e. The molecule has 1 aromatic rings. The number of carboxylic acid groups (broad SMARTS) is 1. The van der Waals surface area contributed by atoms with Gasteiger partial charge in [-0.1, -0.05) is 6.07 Å². The third kappa shape index (κ3) is 4.83. The molecule has 0 aliphatic carbocycles. The van der Waals surface area contributed by atoms with Crippen molar-refractivity contribution >= 4 is 11.9 Å². The summed E-state index contributed by atoms with van der Waals surface area (Å²) in [7, 11) is 0. The molecular formula is C13H14F2O5. The lowest BCUT2D eigenvalue weighted by Crippen LogP contribution is -2.09. The van der Waals surface area contributed by atoms with Gasteiger partial charge in [-0.2, -0.15) is 8.78 Å². The highest BCUT2D eigenvalue weighted by Crippen LogP contribution is 2.23. The molecule has 7 heteroatoms. The average Bonchev–Trinajstić information content (AvgIpc) is 2.36. The summed E-state index contributed by atoms with van der Waals surface area (Å²) < 4.78 is 33.3. The number of esters is 1. The Morgan fingerprint density at radius 3 is 2.60 bits per heavy atom. The zero-order chi connectivity index (χ0) is 15.1. The fraction of sp³-hybridized carbons (Fsp3) is 0.385. The van der Waals surface area contributed by atoms with E-state index in [0.717, 1.165) is 0 Å². The van der Waals surface area contributed by atoms with Gasteiger partial charge in [0, 0.05) is 6.42 Å². The van der Waals surface area contributed by atoms with Gasteiger partial charge >= 0.3 is 18.6 Å². The van der Waals surface area contributed by atoms with Crippen molar-refractivity contribution in [2.24, 2.45) is 0 Å². The molecule has 0 heterocycles. The first-order chi connectivity index (χ1) is 9.43. The molecule has 0 fully saturated rings. The number of halogens is 2. The number of hydrogen-bond donors (Lipinski definition) is 1. The van der Waals surface area contributed by atoms with Crippen molar-refractivity contribution in [3.05, 3.63) is 29.3 Å². The third-order valence-electron chi connectivity index (χ3n) is 2.42. The van der Waals surface area contributed by atoms with Gasteiger partial charge in [0.15, 0.2) is 0 Å². The zero-order valence-electron chi connectivity index (χ0n) is 10.8. The van der Waals surface area contributed by atoms with E-state index in [1.54, 1.807) is 6.92 Å². The van der Waals surface area contributed by atoms with Crippen LogP contribution in [0.25, 0.3) is 0 Å². The molecule has 0 bridgehead atoms. The van der Waals surface area contributed by atoms with Gasteiger partial charge in [0.05, 0.1) is 6.61 Å². The number of carboxylic acids is 1. The Balaban J connectivity index is 2.83. The predicted molar refractivity (Wildman–Crippen MR) is 65.0 cm³/mol. The monoisotopic (exact) mass is 288 g/mol. The molecule has 0 aromatic heterocycles. The average molecular weight is 288 g/mol. The molecule has 0 atom stereocenters. The smallest absolute Gasteiger partial charge is 0.387 e. The second-order valence-electron chi connectivity index (χ2n) is 3.82. The van der Waals surface area contributed by atoms with Crippen LogP contribution in [-0.4, -0.2) is 30.3 Å². The molecule has 0 unspecified atom stereocenters. The van der Waals surface area contributed by atoms with Gasteiger partial charge in [-0.15, -0.1) is 0 Å². The van der Waals surface area contributed by atoms with Crippen molar-refractivity contribution < 1.29 is 33.0 Å². The molecule has 5 nitrogen and oxygen atoms in total. The number of ether oxygens (including phenoxy) is 2. The maximum absolute atomic E-state index is 12.2. The molecule has 0 amide bonds. The summed E-state index contributed by atoms with van der Waals surface area (Å²) in [6.45, 7) is -1.18. The maximum atomic E-state index is 12.2. The summed E-state index contributed by atoms with van der Waals surface area (Å²) in [5, 5.41) is 8.86. The number of alkyl halides is 2. The SMILES string of the molecule is CCOC(=O)CCc1ccc(C(=O)O)c(OC(F)F)c1. The van der Waals surface area contributed by atoms with E-state index in [0.29, 0.717) is 5.56 Å². The Morgan fingerprint density at radius 2 is 2.05 bits per heavy atom. The summed E-state index contributed by atoms with van der Waals surface area (Å²) >= 11 is 0. The zero-order valence-corrected chi connectivity index (χ0v) is 10.8. The van der Waals surface area contributed by atoms with Gasteiger partial charge in [0.1, 0.15) is 11.3 Å². The number of aryl methyl sites for hydroxylation is 1. The van der Waals surface area contributed by atoms with Gasteiger partial charge < -0.3 is 14.6 Å². The van der Waals surface area contributed by atoms with E-state index in [2.05, 4.69) is 4.74 Å². The quantitative estimate of drug-likeness (QED) is 0.780. The topological polar surface area (TPSA) is 72.8 Å². The van der Waals surface area contributed by atoms with Gasteiger partial charge in [0.2, 0.25) is 0 Å². The fourth-order valence-corrected chi connectivity index (χ4v) is 1.57. The molecule has 0 saturated carbocycles. The predicted octanol–water partition coefficient (Wildman–Crippen LogP) is 2.48. The van der Waals surface area contributed by atoms with Crippen molar-refractivity contribution in [3.63, 3.8) is 0 Å². The second kappa shape index (κ2) is 7.42. The van der Waals surface area contributed by atoms with Crippen LogP contribution in [0.1, 0.15) is 29.3 Å². The van der Waals surface area contributed by atoms with E-state index in [1.807, 2.05) is 0 Å². The molecule has 1 aromatic carbocycles. The van der Waals surface area contributed by atoms with Crippen LogP contribution in [0.4, 0.5) is 8.78 Å². The highest BCUT2D eigenvalue weighted by atomic mass is 19.3. The molecule has 1 N–H and O–H groups in total. The van der Waals surface area contributed by atoms with Gasteiger partial charge in [-0.05, 0) is 31.0 Å². The van der Waals surface area contributed by atoms with Crippen molar-refractivity contribution in [3.8, 4) is 5.75 Å². The van der Waals surface area contributed by atoms with E-state index in [1.165, 1.54) is 18.2 Å². The summed E-state index contributed by atoms with van der Waals surface area (Å²) in [6, 6.07) is 3.80. The Hall–Kier alpha value is -2.18. The normalized spacial score (nSPS) is 10.4. The van der Waals surface area contributed by atoms with Crippen LogP contribution in [0.5, 0.6) is 5.75 Å². The third-order valence-corrected chi connectivity index (χ3v) is 2.42. The number of benzene rings is 1. The summed E-state index contributed by atoms with van der Waals surface area (Å²) in [4.78, 5) is 22.1. The summed E-state index contributed by atoms with van der Waals surface area (Å²) in [5.41, 5.74) is 0.156. The molecule has 0 saturated heterocycles. The van der Waals surface area contributed by atoms with Crippen LogP contribution >= 0.6 is 0 Å². The molecule has 0 aliphatic rings. The number of carbonyl (C=O) groups excluding carboxylic acids is 1. The van der Waals surface area contributed by atoms with Crippen LogP contribution < -0.4 is 4.74 Å². The molecule has 110 valence electrons. The molecule has 20 heavy (non-hydrogen) atoms. The first kappa shape index (κ1) is 15.9. The molecule has 0 radical (unpaired) electrons. The van der Waals surface area contributed by atoms with Crippen molar-refractivity contribution in [1.29, 1.82) is 0 Å². The number of carbonyl (C=O) groups is 2. The lowest BCUT2D eigenvalue weighted by molar-refractivity contribution is -0.143. The summed E-state index contributed by atoms with van der Waals surface area (Å²) in [6.07, 6.45) is 0.326. The van der Waals surface area contributed by atoms with Crippen LogP contribution in [0.15, 0.2) is 18.2 Å². The lowest BCUT2D eigenvalue weighted by Gasteiger charge is -2.10. The molecule has 0 spiro atoms. The van der Waals surface area contributed by atoms with Crippen LogP contribution in [0, 0.1) is 0 Å². The van der Waals surface area contributed by atoms with E-state index in [-0.39, 0.29) is 25.0 Å². The first-order valence-electron chi connectivity index (χ1n) is 5.90. The Kier molecular flexibility index (Phi) is 5.89. The van der Waals surface area contributed by atoms with Crippen molar-refractivity contribution in [1.82, 2.24) is 0 Å². The molecule has 1 rings (SSSR count). The Bertz CT molecular complexity index is 488. The highest BCUT2D eigenvalue weighted by Gasteiger charge is 2.16. The minimum absolute atomic E-state index is 0.0778. The van der Waals surface area contributed by atoms with E-state index < -0.39 is 24.3 Å². The molecule has 0 aliphatic heterocycles. The van der Waals surface area contributed by atoms with E-state index in [4.69, 9.17) is 9.84 Å². The highest BCUT2D eigenvalue weighted by molar-refractivity contribution is 5.91. The largest absolute Gasteiger partial charge is 0.478 e. The van der Waals surface area contributed by atoms with Crippen LogP contribution in [0.2, 0.25) is 0 Å². The second-order valence-corrected chi connectivity index (χ2v) is 3.82. The van der Waals surface area contributed by atoms with Gasteiger partial charge in [-0.3, -0.25) is 4.79 Å². The van der Waals surface area contributed by atoms with Crippen molar-refractivity contribution in [2.45, 2.75) is 26.4 Å². The van der Waals surface area contributed by atoms with Gasteiger partial charge in [0.25, 0.3) is 0 Å². The minimum Gasteiger partial charge on any atom is -0.478 e. The Labute approximate surface area is 114 Å². The van der Waals surface area contributed by atoms with E-state index >= 15 is 0 Å². The lowest BCUT2D eigenvalue weighted by atomic mass is 10.1. The minimum atomic E-state index is -3.12. The Morgan fingerprint density at radius 1 is 1.35 bits per heavy atom. The van der Waals surface area contributed by atoms with Crippen molar-refractivity contribution in [2.75, 3.05) is 6.61 Å². The van der Waals surface area contributed by atoms with Gasteiger partial charge in [-0.25, -0.2) is 4.79 Å². The first-order valence-corrected chi connectivity index (χ1v) is 5.90. The summed E-state index contributed by atoms with van der Waals surface area (Å²) in [5.74, 6) is -2.20.